The summed E-state index contributed by atoms with van der Waals surface area (Å²) in [6.07, 6.45) is 2.89. The summed E-state index contributed by atoms with van der Waals surface area (Å²) in [6.45, 7) is -0.0286. The minimum absolute atomic E-state index is 0.0286. The Morgan fingerprint density at radius 1 is 1.21 bits per heavy atom. The van der Waals surface area contributed by atoms with Gasteiger partial charge in [0.15, 0.2) is 0 Å². The van der Waals surface area contributed by atoms with Gasteiger partial charge in [0, 0.05) is 29.9 Å². The Labute approximate surface area is 166 Å². The summed E-state index contributed by atoms with van der Waals surface area (Å²) in [5.41, 5.74) is 10.3. The van der Waals surface area contributed by atoms with E-state index < -0.39 is 6.09 Å². The Bertz CT molecular complexity index is 1200. The summed E-state index contributed by atoms with van der Waals surface area (Å²) in [5.74, 6) is -0.376. The predicted molar refractivity (Wildman–Crippen MR) is 111 cm³/mol. The molecular weight excluding hydrogens is 371 g/mol. The normalized spacial score (nSPS) is 10.8. The third-order valence-corrected chi connectivity index (χ3v) is 4.52. The van der Waals surface area contributed by atoms with Crippen molar-refractivity contribution in [1.82, 2.24) is 9.55 Å². The molecule has 29 heavy (non-hydrogen) atoms. The number of hydrogen-bond donors (Lipinski definition) is 2. The van der Waals surface area contributed by atoms with Crippen LogP contribution in [0.15, 0.2) is 67.0 Å². The van der Waals surface area contributed by atoms with Gasteiger partial charge < -0.3 is 15.0 Å². The number of nitrogens with zero attached hydrogens (tertiary/aromatic N) is 2. The first-order chi connectivity index (χ1) is 14.0. The van der Waals surface area contributed by atoms with E-state index in [4.69, 9.17) is 10.5 Å². The van der Waals surface area contributed by atoms with Crippen molar-refractivity contribution in [2.24, 2.45) is 7.05 Å². The highest BCUT2D eigenvalue weighted by Crippen LogP contribution is 2.31. The molecule has 0 bridgehead atoms. The Balaban J connectivity index is 1.55. The number of nitrogens with two attached hydrogens (primary N) is 1. The first kappa shape index (κ1) is 18.5. The first-order valence-corrected chi connectivity index (χ1v) is 8.99. The van der Waals surface area contributed by atoms with E-state index in [9.17, 15) is 9.18 Å². The fourth-order valence-electron chi connectivity index (χ4n) is 3.20. The quantitative estimate of drug-likeness (QED) is 0.495. The maximum atomic E-state index is 13.2. The highest BCUT2D eigenvalue weighted by Gasteiger charge is 2.12. The fraction of sp³-hybridized carbons (Fsp3) is 0.0909. The van der Waals surface area contributed by atoms with E-state index in [2.05, 4.69) is 10.3 Å². The molecule has 3 N–H and O–H groups in total. The monoisotopic (exact) mass is 390 g/mol. The first-order valence-electron chi connectivity index (χ1n) is 8.99. The standard InChI is InChI=1S/C22H19FN4O2/c1-27-12-20(15-5-3-7-17(24)9-15)19-10-18(11-25-21(19)27)26-22(28)29-13-14-4-2-6-16(23)8-14/h2-12H,13,24H2,1H3,(H,26,28). The van der Waals surface area contributed by atoms with Gasteiger partial charge in [-0.15, -0.1) is 0 Å². The van der Waals surface area contributed by atoms with Gasteiger partial charge >= 0.3 is 6.09 Å². The minimum atomic E-state index is -0.642. The van der Waals surface area contributed by atoms with E-state index in [-0.39, 0.29) is 12.4 Å². The number of anilines is 2. The zero-order chi connectivity index (χ0) is 20.4. The number of amides is 1. The highest BCUT2D eigenvalue weighted by atomic mass is 19.1. The molecule has 146 valence electrons. The molecule has 0 atom stereocenters. The van der Waals surface area contributed by atoms with E-state index >= 15 is 0 Å². The lowest BCUT2D eigenvalue weighted by atomic mass is 10.1. The van der Waals surface area contributed by atoms with Gasteiger partial charge in [0.2, 0.25) is 0 Å². The molecular formula is C22H19FN4O2. The molecule has 2 aromatic carbocycles. The van der Waals surface area contributed by atoms with Crippen LogP contribution >= 0.6 is 0 Å². The third kappa shape index (κ3) is 4.03. The fourth-order valence-corrected chi connectivity index (χ4v) is 3.20. The molecule has 0 saturated carbocycles. The molecule has 0 aliphatic rings. The summed E-state index contributed by atoms with van der Waals surface area (Å²) in [7, 11) is 1.91. The van der Waals surface area contributed by atoms with Crippen molar-refractivity contribution in [3.05, 3.63) is 78.4 Å². The average molecular weight is 390 g/mol. The Kier molecular flexibility index (Phi) is 4.87. The molecule has 0 unspecified atom stereocenters. The van der Waals surface area contributed by atoms with Gasteiger partial charge in [0.1, 0.15) is 18.1 Å². The van der Waals surface area contributed by atoms with Crippen molar-refractivity contribution < 1.29 is 13.9 Å². The third-order valence-electron chi connectivity index (χ3n) is 4.52. The van der Waals surface area contributed by atoms with Gasteiger partial charge in [-0.2, -0.15) is 0 Å². The van der Waals surface area contributed by atoms with E-state index in [1.54, 1.807) is 18.3 Å². The Morgan fingerprint density at radius 2 is 2.03 bits per heavy atom. The molecule has 0 aliphatic carbocycles. The molecule has 0 fully saturated rings. The molecule has 0 radical (unpaired) electrons. The number of carbonyl (C=O) groups is 1. The second-order valence-electron chi connectivity index (χ2n) is 6.71. The number of hydrogen-bond acceptors (Lipinski definition) is 4. The lowest BCUT2D eigenvalue weighted by Gasteiger charge is -2.08. The van der Waals surface area contributed by atoms with Crippen LogP contribution in [0.2, 0.25) is 0 Å². The lowest BCUT2D eigenvalue weighted by molar-refractivity contribution is 0.155. The van der Waals surface area contributed by atoms with E-state index in [1.165, 1.54) is 12.1 Å². The summed E-state index contributed by atoms with van der Waals surface area (Å²) >= 11 is 0. The second kappa shape index (κ2) is 7.63. The van der Waals surface area contributed by atoms with Crippen LogP contribution in [0.3, 0.4) is 0 Å². The maximum absolute atomic E-state index is 13.2. The van der Waals surface area contributed by atoms with E-state index in [0.717, 1.165) is 22.2 Å². The number of rotatable bonds is 4. The van der Waals surface area contributed by atoms with Crippen molar-refractivity contribution in [2.45, 2.75) is 6.61 Å². The number of aromatic nitrogens is 2. The van der Waals surface area contributed by atoms with Crippen molar-refractivity contribution >= 4 is 28.5 Å². The number of carbonyl (C=O) groups excluding carboxylic acids is 1. The van der Waals surface area contributed by atoms with Crippen LogP contribution < -0.4 is 11.1 Å². The summed E-state index contributed by atoms with van der Waals surface area (Å²) < 4.78 is 20.3. The molecule has 7 heteroatoms. The number of aryl methyl sites for hydroxylation is 1. The molecule has 2 heterocycles. The number of pyridine rings is 1. The zero-order valence-corrected chi connectivity index (χ0v) is 15.7. The van der Waals surface area contributed by atoms with Gasteiger partial charge in [0.05, 0.1) is 11.9 Å². The predicted octanol–water partition coefficient (Wildman–Crippen LogP) is 4.71. The topological polar surface area (TPSA) is 82.2 Å². The SMILES string of the molecule is Cn1cc(-c2cccc(N)c2)c2cc(NC(=O)OCc3cccc(F)c3)cnc21. The van der Waals surface area contributed by atoms with Crippen LogP contribution in [0, 0.1) is 5.82 Å². The van der Waals surface area contributed by atoms with Crippen LogP contribution in [0.25, 0.3) is 22.2 Å². The number of halogens is 1. The average Bonchev–Trinajstić information content (AvgIpc) is 3.03. The van der Waals surface area contributed by atoms with Crippen LogP contribution in [-0.2, 0) is 18.4 Å². The van der Waals surface area contributed by atoms with E-state index in [0.29, 0.717) is 16.9 Å². The van der Waals surface area contributed by atoms with Crippen LogP contribution in [0.5, 0.6) is 0 Å². The molecule has 0 aliphatic heterocycles. The molecule has 4 aromatic rings. The zero-order valence-electron chi connectivity index (χ0n) is 15.7. The van der Waals surface area contributed by atoms with Gasteiger partial charge in [-0.05, 0) is 41.5 Å². The van der Waals surface area contributed by atoms with Crippen LogP contribution in [0.1, 0.15) is 5.56 Å². The summed E-state index contributed by atoms with van der Waals surface area (Å²) in [5, 5.41) is 3.54. The van der Waals surface area contributed by atoms with Gasteiger partial charge in [-0.25, -0.2) is 14.2 Å². The largest absolute Gasteiger partial charge is 0.444 e. The number of nitrogen functional groups attached to an aromatic ring is 1. The smallest absolute Gasteiger partial charge is 0.412 e. The lowest BCUT2D eigenvalue weighted by Crippen LogP contribution is -2.13. The minimum Gasteiger partial charge on any atom is -0.444 e. The van der Waals surface area contributed by atoms with Gasteiger partial charge in [-0.3, -0.25) is 5.32 Å². The highest BCUT2D eigenvalue weighted by molar-refractivity contribution is 5.97. The van der Waals surface area contributed by atoms with Crippen molar-refractivity contribution in [1.29, 1.82) is 0 Å². The molecule has 0 saturated heterocycles. The van der Waals surface area contributed by atoms with E-state index in [1.807, 2.05) is 48.1 Å². The van der Waals surface area contributed by atoms with Crippen LogP contribution in [-0.4, -0.2) is 15.6 Å². The van der Waals surface area contributed by atoms with Crippen molar-refractivity contribution in [3.63, 3.8) is 0 Å². The molecule has 4 rings (SSSR count). The number of benzene rings is 2. The maximum Gasteiger partial charge on any atom is 0.412 e. The second-order valence-corrected chi connectivity index (χ2v) is 6.71. The summed E-state index contributed by atoms with van der Waals surface area (Å²) in [4.78, 5) is 16.6. The number of fused-ring (bicyclic) bond motifs is 1. The number of ether oxygens (including phenoxy) is 1. The Morgan fingerprint density at radius 3 is 2.83 bits per heavy atom. The molecule has 0 spiro atoms. The molecule has 1 amide bonds. The van der Waals surface area contributed by atoms with Gasteiger partial charge in [-0.1, -0.05) is 24.3 Å². The molecule has 6 nitrogen and oxygen atoms in total. The van der Waals surface area contributed by atoms with Crippen molar-refractivity contribution in [2.75, 3.05) is 11.1 Å². The van der Waals surface area contributed by atoms with Gasteiger partial charge in [0.25, 0.3) is 0 Å². The van der Waals surface area contributed by atoms with Crippen LogP contribution in [0.4, 0.5) is 20.6 Å². The Hall–Kier alpha value is -3.87. The van der Waals surface area contributed by atoms with Crippen molar-refractivity contribution in [3.8, 4) is 11.1 Å². The summed E-state index contributed by atoms with van der Waals surface area (Å²) in [6, 6.07) is 15.3. The number of nitrogens with one attached hydrogen (secondary N) is 1. The molecule has 2 aromatic heterocycles.